The van der Waals surface area contributed by atoms with Crippen LogP contribution in [0.4, 0.5) is 5.82 Å². The van der Waals surface area contributed by atoms with Crippen LogP contribution in [0.5, 0.6) is 0 Å². The van der Waals surface area contributed by atoms with Crippen LogP contribution in [0.15, 0.2) is 0 Å². The maximum absolute atomic E-state index is 6.22. The first kappa shape index (κ1) is 17.5. The lowest BCUT2D eigenvalue weighted by atomic mass is 9.95. The molecule has 0 radical (unpaired) electrons. The first-order valence-electron chi connectivity index (χ1n) is 8.82. The summed E-state index contributed by atoms with van der Waals surface area (Å²) in [5.74, 6) is 2.49. The van der Waals surface area contributed by atoms with E-state index in [1.54, 1.807) is 0 Å². The highest BCUT2D eigenvalue weighted by Crippen LogP contribution is 2.32. The molecule has 2 aromatic rings. The van der Waals surface area contributed by atoms with Crippen molar-refractivity contribution in [1.29, 1.82) is 0 Å². The molecule has 7 heteroatoms. The Kier molecular flexibility index (Phi) is 5.97. The minimum absolute atomic E-state index is 0.519. The molecule has 24 heavy (non-hydrogen) atoms. The number of hydrogen-bond donors (Lipinski definition) is 2. The van der Waals surface area contributed by atoms with Gasteiger partial charge in [0.05, 0.1) is 5.52 Å². The Hall–Kier alpha value is -1.31. The van der Waals surface area contributed by atoms with Crippen LogP contribution in [0.1, 0.15) is 49.7 Å². The molecule has 4 N–H and O–H groups in total. The highest BCUT2D eigenvalue weighted by Gasteiger charge is 2.22. The maximum Gasteiger partial charge on any atom is 0.151 e. The fraction of sp³-hybridized carbons (Fsp3) is 0.647. The van der Waals surface area contributed by atoms with Crippen molar-refractivity contribution in [3.05, 3.63) is 17.1 Å². The van der Waals surface area contributed by atoms with E-state index in [0.717, 1.165) is 55.0 Å². The highest BCUT2D eigenvalue weighted by atomic mass is 32.2. The van der Waals surface area contributed by atoms with Crippen molar-refractivity contribution >= 4 is 28.8 Å². The van der Waals surface area contributed by atoms with Gasteiger partial charge in [-0.1, -0.05) is 11.9 Å². The van der Waals surface area contributed by atoms with Crippen LogP contribution in [0, 0.1) is 0 Å². The molecular weight excluding hydrogens is 322 g/mol. The Morgan fingerprint density at radius 2 is 2.04 bits per heavy atom. The van der Waals surface area contributed by atoms with Crippen LogP contribution in [0.2, 0.25) is 0 Å². The second-order valence-corrected chi connectivity index (χ2v) is 6.96. The molecule has 0 spiro atoms. The predicted molar refractivity (Wildman–Crippen MR) is 99.8 cm³/mol. The lowest BCUT2D eigenvalue weighted by Crippen LogP contribution is -2.12. The number of aromatic nitrogens is 3. The predicted octanol–water partition coefficient (Wildman–Crippen LogP) is 2.82. The van der Waals surface area contributed by atoms with Gasteiger partial charge >= 0.3 is 0 Å². The number of anilines is 1. The smallest absolute Gasteiger partial charge is 0.151 e. The van der Waals surface area contributed by atoms with Crippen molar-refractivity contribution in [2.45, 2.75) is 58.6 Å². The Balaban J connectivity index is 2.03. The molecule has 0 aromatic carbocycles. The summed E-state index contributed by atoms with van der Waals surface area (Å²) in [5.41, 5.74) is 10.8. The molecule has 2 heterocycles. The van der Waals surface area contributed by atoms with Gasteiger partial charge in [0.1, 0.15) is 17.9 Å². The van der Waals surface area contributed by atoms with Gasteiger partial charge in [0.15, 0.2) is 5.82 Å². The minimum Gasteiger partial charge on any atom is -0.382 e. The fourth-order valence-electron chi connectivity index (χ4n) is 3.45. The number of nitrogen functional groups attached to an aromatic ring is 1. The average Bonchev–Trinajstić information content (AvgIpc) is 2.96. The second kappa shape index (κ2) is 8.18. The fourth-order valence-corrected chi connectivity index (χ4v) is 3.82. The van der Waals surface area contributed by atoms with E-state index in [1.807, 2.05) is 6.92 Å². The molecule has 0 amide bonds. The molecular formula is C17H27N5OS. The molecule has 3 rings (SSSR count). The molecule has 0 unspecified atom stereocenters. The number of aryl methyl sites for hydroxylation is 3. The van der Waals surface area contributed by atoms with Gasteiger partial charge in [0.2, 0.25) is 0 Å². The first-order valence-corrected chi connectivity index (χ1v) is 9.86. The first-order chi connectivity index (χ1) is 11.8. The van der Waals surface area contributed by atoms with Crippen LogP contribution >= 0.6 is 11.9 Å². The number of hydrogen-bond acceptors (Lipinski definition) is 6. The molecule has 132 valence electrons. The van der Waals surface area contributed by atoms with Crippen molar-refractivity contribution in [3.8, 4) is 0 Å². The largest absolute Gasteiger partial charge is 0.382 e. The molecule has 0 atom stereocenters. The topological polar surface area (TPSA) is 92.0 Å². The van der Waals surface area contributed by atoms with Gasteiger partial charge in [-0.15, -0.1) is 0 Å². The van der Waals surface area contributed by atoms with Gasteiger partial charge in [0, 0.05) is 24.6 Å². The monoisotopic (exact) mass is 349 g/mol. The van der Waals surface area contributed by atoms with Gasteiger partial charge < -0.3 is 15.0 Å². The number of ether oxygens (including phenoxy) is 1. The van der Waals surface area contributed by atoms with Gasteiger partial charge in [-0.05, 0) is 51.0 Å². The molecule has 0 saturated carbocycles. The Morgan fingerprint density at radius 1 is 1.21 bits per heavy atom. The molecule has 6 nitrogen and oxygen atoms in total. The third kappa shape index (κ3) is 3.53. The third-order valence-corrected chi connectivity index (χ3v) is 5.12. The van der Waals surface area contributed by atoms with Crippen LogP contribution in [0.3, 0.4) is 0 Å². The SMILES string of the molecule is CCOCc1nc2c(N)nc3c(c2n1CCCCSN)CCCC3. The van der Waals surface area contributed by atoms with Gasteiger partial charge in [-0.25, -0.2) is 9.97 Å². The molecule has 1 aliphatic carbocycles. The quantitative estimate of drug-likeness (QED) is 0.562. The molecule has 1 aliphatic rings. The highest BCUT2D eigenvalue weighted by molar-refractivity contribution is 7.97. The normalized spacial score (nSPS) is 14.2. The summed E-state index contributed by atoms with van der Waals surface area (Å²) < 4.78 is 7.95. The molecule has 0 fully saturated rings. The molecule has 0 aliphatic heterocycles. The van der Waals surface area contributed by atoms with E-state index in [4.69, 9.17) is 20.6 Å². The summed E-state index contributed by atoms with van der Waals surface area (Å²) in [4.78, 5) is 9.40. The molecule has 2 aromatic heterocycles. The van der Waals surface area contributed by atoms with Crippen molar-refractivity contribution in [2.24, 2.45) is 5.14 Å². The van der Waals surface area contributed by atoms with E-state index < -0.39 is 0 Å². The zero-order chi connectivity index (χ0) is 16.9. The van der Waals surface area contributed by atoms with Crippen molar-refractivity contribution in [1.82, 2.24) is 14.5 Å². The standard InChI is InChI=1S/C17H27N5OS/c1-2-23-11-14-21-15-16(22(14)9-5-6-10-24-19)12-7-3-4-8-13(12)20-17(15)18/h2-11,19H2,1H3,(H2,18,20). The lowest BCUT2D eigenvalue weighted by Gasteiger charge is -2.18. The van der Waals surface area contributed by atoms with E-state index >= 15 is 0 Å². The Bertz CT molecular complexity index is 700. The second-order valence-electron chi connectivity index (χ2n) is 6.22. The number of nitrogens with two attached hydrogens (primary N) is 2. The zero-order valence-electron chi connectivity index (χ0n) is 14.4. The Morgan fingerprint density at radius 3 is 2.83 bits per heavy atom. The number of unbranched alkanes of at least 4 members (excludes halogenated alkanes) is 1. The number of rotatable bonds is 8. The van der Waals surface area contributed by atoms with Crippen LogP contribution < -0.4 is 10.9 Å². The summed E-state index contributed by atoms with van der Waals surface area (Å²) in [5, 5.41) is 5.54. The zero-order valence-corrected chi connectivity index (χ0v) is 15.2. The van der Waals surface area contributed by atoms with Crippen LogP contribution in [-0.2, 0) is 30.7 Å². The molecule has 0 bridgehead atoms. The summed E-state index contributed by atoms with van der Waals surface area (Å²) in [6.45, 7) is 4.13. The van der Waals surface area contributed by atoms with Crippen LogP contribution in [-0.4, -0.2) is 26.9 Å². The maximum atomic E-state index is 6.22. The number of imidazole rings is 1. The van der Waals surface area contributed by atoms with Gasteiger partial charge in [-0.2, -0.15) is 0 Å². The van der Waals surface area contributed by atoms with E-state index in [-0.39, 0.29) is 0 Å². The van der Waals surface area contributed by atoms with E-state index in [0.29, 0.717) is 19.0 Å². The molecule has 0 saturated heterocycles. The summed E-state index contributed by atoms with van der Waals surface area (Å²) >= 11 is 1.41. The summed E-state index contributed by atoms with van der Waals surface area (Å²) in [7, 11) is 0. The minimum atomic E-state index is 0.519. The lowest BCUT2D eigenvalue weighted by molar-refractivity contribution is 0.126. The number of fused-ring (bicyclic) bond motifs is 3. The van der Waals surface area contributed by atoms with Crippen molar-refractivity contribution in [2.75, 3.05) is 18.1 Å². The van der Waals surface area contributed by atoms with E-state index in [9.17, 15) is 0 Å². The third-order valence-electron chi connectivity index (χ3n) is 4.60. The van der Waals surface area contributed by atoms with Crippen molar-refractivity contribution in [3.63, 3.8) is 0 Å². The number of nitrogens with zero attached hydrogens (tertiary/aromatic N) is 3. The van der Waals surface area contributed by atoms with Gasteiger partial charge in [-0.3, -0.25) is 5.14 Å². The van der Waals surface area contributed by atoms with Gasteiger partial charge in [0.25, 0.3) is 0 Å². The van der Waals surface area contributed by atoms with Crippen molar-refractivity contribution < 1.29 is 4.74 Å². The van der Waals surface area contributed by atoms with E-state index in [1.165, 1.54) is 35.9 Å². The summed E-state index contributed by atoms with van der Waals surface area (Å²) in [6, 6.07) is 0. The van der Waals surface area contributed by atoms with Crippen LogP contribution in [0.25, 0.3) is 11.0 Å². The average molecular weight is 350 g/mol. The number of pyridine rings is 1. The van der Waals surface area contributed by atoms with E-state index in [2.05, 4.69) is 9.55 Å². The summed E-state index contributed by atoms with van der Waals surface area (Å²) in [6.07, 6.45) is 6.66. The Labute approximate surface area is 147 Å².